The number of nitrogens with one attached hydrogen (secondary N) is 1. The van der Waals surface area contributed by atoms with Crippen molar-refractivity contribution in [2.75, 3.05) is 13.2 Å². The largest absolute Gasteiger partial charge is 0.480 e. The first-order valence-electron chi connectivity index (χ1n) is 9.04. The molecule has 2 aliphatic rings. The molecular formula is C18H30N2O6. The summed E-state index contributed by atoms with van der Waals surface area (Å²) in [4.78, 5) is 38.1. The lowest BCUT2D eigenvalue weighted by Gasteiger charge is -2.32. The van der Waals surface area contributed by atoms with Crippen molar-refractivity contribution >= 4 is 18.0 Å². The van der Waals surface area contributed by atoms with E-state index in [0.29, 0.717) is 13.0 Å². The fourth-order valence-electron chi connectivity index (χ4n) is 4.00. The Balaban J connectivity index is 2.11. The van der Waals surface area contributed by atoms with E-state index in [9.17, 15) is 19.5 Å². The molecule has 0 spiro atoms. The second kappa shape index (κ2) is 7.06. The number of piperidine rings is 1. The average molecular weight is 370 g/mol. The fourth-order valence-corrected chi connectivity index (χ4v) is 4.00. The number of rotatable bonds is 6. The molecule has 0 radical (unpaired) electrons. The maximum atomic E-state index is 13.0. The number of hydrogen-bond donors (Lipinski definition) is 3. The molecule has 1 saturated carbocycles. The number of nitrogens with zero attached hydrogens (tertiary/aromatic N) is 1. The molecule has 2 amide bonds. The standard InChI is InChI=1S/C18H30N2O6/c1-17(2,3)26-16(25)19-11(7-6-8-21)14(22)20-9-10-12(18(10,4)5)13(20)15(23)24/h10-13,21H,6-9H2,1-5H3,(H,19,25)(H,23,24)/t10-,11-,12?,13-/m0/s1. The number of carbonyl (C=O) groups excluding carboxylic acids is 2. The Kier molecular flexibility index (Phi) is 5.56. The van der Waals surface area contributed by atoms with Crippen molar-refractivity contribution < 1.29 is 29.3 Å². The summed E-state index contributed by atoms with van der Waals surface area (Å²) in [5, 5.41) is 21.2. The number of amides is 2. The zero-order chi connectivity index (χ0) is 19.9. The van der Waals surface area contributed by atoms with Crippen molar-refractivity contribution in [3.8, 4) is 0 Å². The molecule has 0 bridgehead atoms. The number of hydrogen-bond acceptors (Lipinski definition) is 5. The molecule has 1 aliphatic carbocycles. The van der Waals surface area contributed by atoms with Gasteiger partial charge >= 0.3 is 12.1 Å². The highest BCUT2D eigenvalue weighted by atomic mass is 16.6. The molecule has 3 N–H and O–H groups in total. The molecular weight excluding hydrogens is 340 g/mol. The Bertz CT molecular complexity index is 583. The Morgan fingerprint density at radius 3 is 2.42 bits per heavy atom. The molecule has 1 aliphatic heterocycles. The lowest BCUT2D eigenvalue weighted by atomic mass is 10.00. The van der Waals surface area contributed by atoms with E-state index in [1.165, 1.54) is 4.90 Å². The molecule has 0 aromatic heterocycles. The summed E-state index contributed by atoms with van der Waals surface area (Å²) in [5.41, 5.74) is -0.795. The van der Waals surface area contributed by atoms with Gasteiger partial charge in [0.25, 0.3) is 0 Å². The number of carboxylic acid groups (broad SMARTS) is 1. The SMILES string of the molecule is CC(C)(C)OC(=O)N[C@@H](CCCO)C(=O)N1C[C@H]2C([C@H]1C(=O)O)C2(C)C. The number of carbonyl (C=O) groups is 3. The number of fused-ring (bicyclic) bond motifs is 1. The highest BCUT2D eigenvalue weighted by Gasteiger charge is 2.69. The molecule has 0 aromatic carbocycles. The summed E-state index contributed by atoms with van der Waals surface area (Å²) in [5.74, 6) is -1.36. The zero-order valence-corrected chi connectivity index (χ0v) is 16.1. The third-order valence-electron chi connectivity index (χ3n) is 5.38. The second-order valence-electron chi connectivity index (χ2n) is 8.79. The molecule has 8 nitrogen and oxygen atoms in total. The minimum absolute atomic E-state index is 0.0658. The van der Waals surface area contributed by atoms with E-state index in [1.54, 1.807) is 20.8 Å². The minimum atomic E-state index is -1.02. The second-order valence-corrected chi connectivity index (χ2v) is 8.79. The van der Waals surface area contributed by atoms with Crippen LogP contribution in [0, 0.1) is 17.3 Å². The molecule has 2 rings (SSSR count). The molecule has 2 fully saturated rings. The van der Waals surface area contributed by atoms with Crippen LogP contribution in [0.3, 0.4) is 0 Å². The maximum Gasteiger partial charge on any atom is 0.408 e. The first kappa shape index (κ1) is 20.5. The molecule has 0 aromatic rings. The molecule has 1 heterocycles. The van der Waals surface area contributed by atoms with Crippen LogP contribution in [0.1, 0.15) is 47.5 Å². The normalized spacial score (nSPS) is 27.5. The topological polar surface area (TPSA) is 116 Å². The van der Waals surface area contributed by atoms with E-state index in [-0.39, 0.29) is 30.3 Å². The van der Waals surface area contributed by atoms with Crippen molar-refractivity contribution in [2.24, 2.45) is 17.3 Å². The van der Waals surface area contributed by atoms with Gasteiger partial charge in [-0.15, -0.1) is 0 Å². The van der Waals surface area contributed by atoms with E-state index in [1.807, 2.05) is 13.8 Å². The first-order chi connectivity index (χ1) is 11.9. The van der Waals surface area contributed by atoms with Crippen molar-refractivity contribution in [1.82, 2.24) is 10.2 Å². The van der Waals surface area contributed by atoms with E-state index < -0.39 is 35.7 Å². The lowest BCUT2D eigenvalue weighted by Crippen LogP contribution is -2.54. The van der Waals surface area contributed by atoms with E-state index >= 15 is 0 Å². The van der Waals surface area contributed by atoms with Crippen molar-refractivity contribution in [3.63, 3.8) is 0 Å². The number of aliphatic hydroxyl groups is 1. The van der Waals surface area contributed by atoms with Gasteiger partial charge in [0.05, 0.1) is 0 Å². The zero-order valence-electron chi connectivity index (χ0n) is 16.1. The number of aliphatic carboxylic acids is 1. The van der Waals surface area contributed by atoms with Crippen LogP contribution in [0.4, 0.5) is 4.79 Å². The number of ether oxygens (including phenoxy) is 1. The quantitative estimate of drug-likeness (QED) is 0.647. The number of aliphatic hydroxyl groups excluding tert-OH is 1. The summed E-state index contributed by atoms with van der Waals surface area (Å²) >= 11 is 0. The maximum absolute atomic E-state index is 13.0. The van der Waals surface area contributed by atoms with Gasteiger partial charge in [0, 0.05) is 19.1 Å². The monoisotopic (exact) mass is 370 g/mol. The summed E-state index contributed by atoms with van der Waals surface area (Å²) in [6, 6.07) is -1.79. The Hall–Kier alpha value is -1.83. The van der Waals surface area contributed by atoms with Crippen LogP contribution in [0.5, 0.6) is 0 Å². The average Bonchev–Trinajstić information content (AvgIpc) is 2.84. The van der Waals surface area contributed by atoms with Gasteiger partial charge in [0.2, 0.25) is 5.91 Å². The predicted octanol–water partition coefficient (Wildman–Crippen LogP) is 1.22. The van der Waals surface area contributed by atoms with E-state index in [2.05, 4.69) is 5.32 Å². The van der Waals surface area contributed by atoms with Crippen molar-refractivity contribution in [3.05, 3.63) is 0 Å². The first-order valence-corrected chi connectivity index (χ1v) is 9.04. The van der Waals surface area contributed by atoms with Crippen LogP contribution in [0.2, 0.25) is 0 Å². The Labute approximate surface area is 153 Å². The molecule has 1 saturated heterocycles. The lowest BCUT2D eigenvalue weighted by molar-refractivity contribution is -0.151. The van der Waals surface area contributed by atoms with E-state index in [0.717, 1.165) is 0 Å². The van der Waals surface area contributed by atoms with Gasteiger partial charge < -0.3 is 25.2 Å². The number of alkyl carbamates (subject to hydrolysis) is 1. The van der Waals surface area contributed by atoms with Crippen LogP contribution in [0.25, 0.3) is 0 Å². The Morgan fingerprint density at radius 1 is 1.31 bits per heavy atom. The summed E-state index contributed by atoms with van der Waals surface area (Å²) < 4.78 is 5.20. The molecule has 4 atom stereocenters. The van der Waals surface area contributed by atoms with Gasteiger partial charge in [-0.2, -0.15) is 0 Å². The van der Waals surface area contributed by atoms with Crippen LogP contribution in [0.15, 0.2) is 0 Å². The smallest absolute Gasteiger partial charge is 0.408 e. The van der Waals surface area contributed by atoms with Gasteiger partial charge in [0.15, 0.2) is 0 Å². The van der Waals surface area contributed by atoms with Gasteiger partial charge in [-0.05, 0) is 44.9 Å². The molecule has 1 unspecified atom stereocenters. The van der Waals surface area contributed by atoms with Gasteiger partial charge in [-0.3, -0.25) is 4.79 Å². The van der Waals surface area contributed by atoms with Crippen LogP contribution in [-0.4, -0.2) is 63.9 Å². The van der Waals surface area contributed by atoms with Crippen molar-refractivity contribution in [2.45, 2.75) is 65.1 Å². The van der Waals surface area contributed by atoms with Gasteiger partial charge in [-0.1, -0.05) is 13.8 Å². The van der Waals surface area contributed by atoms with E-state index in [4.69, 9.17) is 9.84 Å². The summed E-state index contributed by atoms with van der Waals surface area (Å²) in [7, 11) is 0. The fraction of sp³-hybridized carbons (Fsp3) is 0.833. The third kappa shape index (κ3) is 4.11. The van der Waals surface area contributed by atoms with Gasteiger partial charge in [0.1, 0.15) is 17.7 Å². The van der Waals surface area contributed by atoms with Crippen LogP contribution in [-0.2, 0) is 14.3 Å². The molecule has 26 heavy (non-hydrogen) atoms. The molecule has 8 heteroatoms. The number of carboxylic acids is 1. The van der Waals surface area contributed by atoms with Crippen LogP contribution >= 0.6 is 0 Å². The summed E-state index contributed by atoms with van der Waals surface area (Å²) in [6.07, 6.45) is -0.197. The highest BCUT2D eigenvalue weighted by Crippen LogP contribution is 2.64. The highest BCUT2D eigenvalue weighted by molar-refractivity contribution is 5.90. The predicted molar refractivity (Wildman–Crippen MR) is 93.4 cm³/mol. The van der Waals surface area contributed by atoms with Crippen LogP contribution < -0.4 is 5.32 Å². The van der Waals surface area contributed by atoms with Crippen molar-refractivity contribution in [1.29, 1.82) is 0 Å². The molecule has 148 valence electrons. The summed E-state index contributed by atoms with van der Waals surface area (Å²) in [6.45, 7) is 9.43. The Morgan fingerprint density at radius 2 is 1.92 bits per heavy atom. The third-order valence-corrected chi connectivity index (χ3v) is 5.38. The van der Waals surface area contributed by atoms with Gasteiger partial charge in [-0.25, -0.2) is 9.59 Å². The minimum Gasteiger partial charge on any atom is -0.480 e. The number of likely N-dealkylation sites (tertiary alicyclic amines) is 1.